The molecule has 0 aromatic carbocycles. The minimum absolute atomic E-state index is 0. The third kappa shape index (κ3) is 22.5. The zero-order valence-corrected chi connectivity index (χ0v) is 8.87. The van der Waals surface area contributed by atoms with Gasteiger partial charge in [0.15, 0.2) is 0 Å². The SMILES string of the molecule is Cl.O=S(=O)(Cl)Cl.c1ccncc1. The maximum Gasteiger partial charge on any atom is 0.317 e. The van der Waals surface area contributed by atoms with Crippen LogP contribution < -0.4 is 0 Å². The zero-order chi connectivity index (χ0) is 8.74. The second kappa shape index (κ2) is 7.61. The monoisotopic (exact) mass is 249 g/mol. The van der Waals surface area contributed by atoms with Crippen molar-refractivity contribution in [3.8, 4) is 0 Å². The van der Waals surface area contributed by atoms with Crippen molar-refractivity contribution in [3.05, 3.63) is 30.6 Å². The highest BCUT2D eigenvalue weighted by Crippen LogP contribution is 1.98. The van der Waals surface area contributed by atoms with Gasteiger partial charge < -0.3 is 0 Å². The van der Waals surface area contributed by atoms with E-state index in [9.17, 15) is 0 Å². The van der Waals surface area contributed by atoms with Crippen LogP contribution in [0.4, 0.5) is 0 Å². The smallest absolute Gasteiger partial charge is 0.265 e. The van der Waals surface area contributed by atoms with Crippen LogP contribution in [0, 0.1) is 0 Å². The quantitative estimate of drug-likeness (QED) is 0.663. The summed E-state index contributed by atoms with van der Waals surface area (Å²) < 4.78 is 18.3. The predicted octanol–water partition coefficient (Wildman–Crippen LogP) is 2.21. The molecule has 1 rings (SSSR count). The van der Waals surface area contributed by atoms with E-state index >= 15 is 0 Å². The summed E-state index contributed by atoms with van der Waals surface area (Å²) in [4.78, 5) is 3.78. The highest BCUT2D eigenvalue weighted by molar-refractivity contribution is 8.31. The second-order valence-electron chi connectivity index (χ2n) is 1.40. The number of hydrogen-bond donors (Lipinski definition) is 0. The van der Waals surface area contributed by atoms with Crippen LogP contribution in [-0.2, 0) is 8.26 Å². The molecule has 7 heteroatoms. The van der Waals surface area contributed by atoms with E-state index in [1.54, 1.807) is 12.4 Å². The number of hydrogen-bond acceptors (Lipinski definition) is 3. The van der Waals surface area contributed by atoms with Gasteiger partial charge in [0.1, 0.15) is 0 Å². The molecule has 12 heavy (non-hydrogen) atoms. The van der Waals surface area contributed by atoms with Crippen LogP contribution in [0.3, 0.4) is 0 Å². The molecular formula is C5H6Cl3NO2S. The molecule has 0 saturated carbocycles. The first kappa shape index (κ1) is 14.5. The van der Waals surface area contributed by atoms with Crippen LogP contribution in [-0.4, -0.2) is 13.4 Å². The minimum atomic E-state index is -3.72. The molecule has 1 aromatic heterocycles. The van der Waals surface area contributed by atoms with Crippen LogP contribution in [0.1, 0.15) is 0 Å². The largest absolute Gasteiger partial charge is 0.317 e. The molecule has 0 saturated heterocycles. The molecule has 1 aromatic rings. The summed E-state index contributed by atoms with van der Waals surface area (Å²) in [6.45, 7) is 0. The highest BCUT2D eigenvalue weighted by Gasteiger charge is 1.88. The fraction of sp³-hybridized carbons (Fsp3) is 0. The molecule has 0 bridgehead atoms. The van der Waals surface area contributed by atoms with Crippen molar-refractivity contribution >= 4 is 42.0 Å². The first-order chi connectivity index (χ1) is 5.00. The van der Waals surface area contributed by atoms with Gasteiger partial charge in [-0.25, -0.2) is 0 Å². The van der Waals surface area contributed by atoms with E-state index in [0.29, 0.717) is 0 Å². The Bertz CT molecular complexity index is 241. The zero-order valence-electron chi connectivity index (χ0n) is 5.72. The van der Waals surface area contributed by atoms with E-state index in [4.69, 9.17) is 8.42 Å². The molecule has 70 valence electrons. The van der Waals surface area contributed by atoms with E-state index in [1.807, 2.05) is 18.2 Å². The molecule has 0 unspecified atom stereocenters. The number of pyridine rings is 1. The lowest BCUT2D eigenvalue weighted by molar-refractivity contribution is 0.621. The van der Waals surface area contributed by atoms with E-state index < -0.39 is 8.26 Å². The standard InChI is InChI=1S/C5H5N.Cl2O2S.ClH/c1-2-4-6-5-3-1;1-5(2,3)4;/h1-5H;;1H. The van der Waals surface area contributed by atoms with Crippen LogP contribution in [0.5, 0.6) is 0 Å². The third-order valence-electron chi connectivity index (χ3n) is 0.566. The minimum Gasteiger partial charge on any atom is -0.265 e. The molecule has 0 atom stereocenters. The van der Waals surface area contributed by atoms with Crippen molar-refractivity contribution in [2.75, 3.05) is 0 Å². The molecule has 0 aliphatic heterocycles. The van der Waals surface area contributed by atoms with Crippen molar-refractivity contribution in [2.24, 2.45) is 0 Å². The Morgan fingerprint density at radius 1 is 1.00 bits per heavy atom. The van der Waals surface area contributed by atoms with Gasteiger partial charge in [-0.1, -0.05) is 6.07 Å². The second-order valence-corrected chi connectivity index (χ2v) is 5.07. The van der Waals surface area contributed by atoms with Crippen LogP contribution in [0.25, 0.3) is 0 Å². The average Bonchev–Trinajstić information content (AvgIpc) is 1.88. The molecule has 0 fully saturated rings. The molecule has 0 spiro atoms. The lowest BCUT2D eigenvalue weighted by Crippen LogP contribution is -1.63. The van der Waals surface area contributed by atoms with Gasteiger partial charge in [0, 0.05) is 33.8 Å². The van der Waals surface area contributed by atoms with E-state index in [2.05, 4.69) is 26.3 Å². The number of rotatable bonds is 0. The normalized spacial score (nSPS) is 8.83. The molecule has 0 aliphatic rings. The summed E-state index contributed by atoms with van der Waals surface area (Å²) >= 11 is 0. The van der Waals surface area contributed by atoms with Gasteiger partial charge in [0.05, 0.1) is 0 Å². The Kier molecular flexibility index (Phi) is 9.19. The molecule has 0 aliphatic carbocycles. The van der Waals surface area contributed by atoms with E-state index in [-0.39, 0.29) is 12.4 Å². The molecule has 0 amide bonds. The lowest BCUT2D eigenvalue weighted by atomic mass is 10.5. The van der Waals surface area contributed by atoms with Gasteiger partial charge >= 0.3 is 8.26 Å². The Morgan fingerprint density at radius 2 is 1.33 bits per heavy atom. The van der Waals surface area contributed by atoms with Gasteiger partial charge in [-0.3, -0.25) is 4.98 Å². The van der Waals surface area contributed by atoms with Crippen LogP contribution in [0.2, 0.25) is 0 Å². The third-order valence-corrected chi connectivity index (χ3v) is 0.566. The fourth-order valence-corrected chi connectivity index (χ4v) is 0.313. The summed E-state index contributed by atoms with van der Waals surface area (Å²) in [5.41, 5.74) is 0. The van der Waals surface area contributed by atoms with Gasteiger partial charge in [-0.2, -0.15) is 8.42 Å². The maximum absolute atomic E-state index is 9.16. The molecule has 0 N–H and O–H groups in total. The van der Waals surface area contributed by atoms with Crippen molar-refractivity contribution < 1.29 is 8.42 Å². The van der Waals surface area contributed by atoms with Gasteiger partial charge in [0.25, 0.3) is 0 Å². The van der Waals surface area contributed by atoms with Crippen molar-refractivity contribution in [1.82, 2.24) is 4.98 Å². The average molecular weight is 251 g/mol. The number of halogens is 3. The maximum atomic E-state index is 9.16. The topological polar surface area (TPSA) is 47.0 Å². The van der Waals surface area contributed by atoms with Crippen molar-refractivity contribution in [3.63, 3.8) is 0 Å². The van der Waals surface area contributed by atoms with Gasteiger partial charge in [0.2, 0.25) is 0 Å². The molecule has 1 heterocycles. The number of aromatic nitrogens is 1. The number of nitrogens with zero attached hydrogens (tertiary/aromatic N) is 1. The first-order valence-corrected chi connectivity index (χ1v) is 5.63. The van der Waals surface area contributed by atoms with Crippen LogP contribution >= 0.6 is 33.8 Å². The Labute approximate surface area is 86.0 Å². The molecular weight excluding hydrogens is 244 g/mol. The van der Waals surface area contributed by atoms with Crippen molar-refractivity contribution in [2.45, 2.75) is 0 Å². The lowest BCUT2D eigenvalue weighted by Gasteiger charge is -1.70. The molecule has 3 nitrogen and oxygen atoms in total. The molecule has 0 radical (unpaired) electrons. The first-order valence-electron chi connectivity index (χ1n) is 2.49. The van der Waals surface area contributed by atoms with E-state index in [1.165, 1.54) is 0 Å². The summed E-state index contributed by atoms with van der Waals surface area (Å²) in [6.07, 6.45) is 3.50. The summed E-state index contributed by atoms with van der Waals surface area (Å²) in [5.74, 6) is 0. The summed E-state index contributed by atoms with van der Waals surface area (Å²) in [6, 6.07) is 5.72. The van der Waals surface area contributed by atoms with Gasteiger partial charge in [-0.15, -0.1) is 12.4 Å². The van der Waals surface area contributed by atoms with Crippen molar-refractivity contribution in [1.29, 1.82) is 0 Å². The predicted molar refractivity (Wildman–Crippen MR) is 52.1 cm³/mol. The highest BCUT2D eigenvalue weighted by atomic mass is 36.0. The Morgan fingerprint density at radius 3 is 1.42 bits per heavy atom. The van der Waals surface area contributed by atoms with Gasteiger partial charge in [-0.05, 0) is 12.1 Å². The Hall–Kier alpha value is -0.0300. The fourth-order valence-electron chi connectivity index (χ4n) is 0.313. The Balaban J connectivity index is 0. The summed E-state index contributed by atoms with van der Waals surface area (Å²) in [7, 11) is 4.81. The van der Waals surface area contributed by atoms with E-state index in [0.717, 1.165) is 0 Å². The summed E-state index contributed by atoms with van der Waals surface area (Å²) in [5, 5.41) is 0. The van der Waals surface area contributed by atoms with Crippen LogP contribution in [0.15, 0.2) is 30.6 Å².